The molecule has 2 aromatic rings. The summed E-state index contributed by atoms with van der Waals surface area (Å²) in [6.07, 6.45) is 9.43. The van der Waals surface area contributed by atoms with Gasteiger partial charge in [-0.15, -0.1) is 10.2 Å². The van der Waals surface area contributed by atoms with Crippen LogP contribution in [0.3, 0.4) is 0 Å². The van der Waals surface area contributed by atoms with Gasteiger partial charge in [-0.3, -0.25) is 47.9 Å². The highest BCUT2D eigenvalue weighted by atomic mass is 16.5. The Labute approximate surface area is 510 Å². The van der Waals surface area contributed by atoms with Crippen LogP contribution in [-0.4, -0.2) is 206 Å². The Morgan fingerprint density at radius 1 is 0.437 bits per heavy atom. The lowest BCUT2D eigenvalue weighted by molar-refractivity contribution is -0.136. The van der Waals surface area contributed by atoms with Crippen LogP contribution in [0.15, 0.2) is 12.4 Å². The number of carbonyl (C=O) groups is 10. The number of carbonyl (C=O) groups excluding carboxylic acids is 10. The first kappa shape index (κ1) is 74.0. The van der Waals surface area contributed by atoms with Gasteiger partial charge in [0, 0.05) is 38.8 Å². The zero-order valence-electron chi connectivity index (χ0n) is 51.9. The Hall–Kier alpha value is -7.22. The molecule has 10 amide bonds. The zero-order valence-corrected chi connectivity index (χ0v) is 51.9. The number of hydrogen-bond donors (Lipinski definition) is 13. The van der Waals surface area contributed by atoms with E-state index in [1.54, 1.807) is 42.9 Å². The monoisotopic (exact) mass is 1230 g/mol. The van der Waals surface area contributed by atoms with E-state index in [-0.39, 0.29) is 94.6 Å². The van der Waals surface area contributed by atoms with Gasteiger partial charge in [0.15, 0.2) is 0 Å². The fraction of sp³-hybridized carbons (Fsp3) is 0.750. The van der Waals surface area contributed by atoms with Crippen LogP contribution in [0.1, 0.15) is 141 Å². The van der Waals surface area contributed by atoms with E-state index in [4.69, 9.17) is 9.47 Å². The van der Waals surface area contributed by atoms with Crippen molar-refractivity contribution in [1.82, 2.24) is 99.1 Å². The van der Waals surface area contributed by atoms with Crippen molar-refractivity contribution in [3.63, 3.8) is 0 Å². The van der Waals surface area contributed by atoms with Crippen molar-refractivity contribution in [2.75, 3.05) is 80.3 Å². The Morgan fingerprint density at radius 2 is 0.759 bits per heavy atom. The van der Waals surface area contributed by atoms with Gasteiger partial charge in [-0.1, -0.05) is 17.4 Å². The second kappa shape index (κ2) is 44.3. The predicted molar refractivity (Wildman–Crippen MR) is 320 cm³/mol. The molecule has 13 N–H and O–H groups in total. The summed E-state index contributed by atoms with van der Waals surface area (Å²) in [6, 6.07) is -6.63. The quantitative estimate of drug-likeness (QED) is 0.0302. The lowest BCUT2D eigenvalue weighted by Crippen LogP contribution is -2.60. The van der Waals surface area contributed by atoms with Crippen LogP contribution in [0.2, 0.25) is 0 Å². The number of hydrogen-bond acceptors (Lipinski definition) is 19. The summed E-state index contributed by atoms with van der Waals surface area (Å²) in [4.78, 5) is 132. The van der Waals surface area contributed by atoms with Crippen molar-refractivity contribution in [2.45, 2.75) is 192 Å². The van der Waals surface area contributed by atoms with E-state index in [2.05, 4.69) is 89.7 Å². The van der Waals surface area contributed by atoms with Gasteiger partial charge in [0.25, 0.3) is 0 Å². The van der Waals surface area contributed by atoms with Crippen LogP contribution in [0.4, 0.5) is 0 Å². The van der Waals surface area contributed by atoms with Gasteiger partial charge in [-0.2, -0.15) is 0 Å². The average molecular weight is 1230 g/mol. The van der Waals surface area contributed by atoms with Crippen molar-refractivity contribution in [1.29, 1.82) is 0 Å². The topological polar surface area (TPSA) is 407 Å². The molecule has 87 heavy (non-hydrogen) atoms. The second-order valence-electron chi connectivity index (χ2n) is 21.4. The van der Waals surface area contributed by atoms with Crippen molar-refractivity contribution in [3.05, 3.63) is 23.8 Å². The summed E-state index contributed by atoms with van der Waals surface area (Å²) in [5.74, 6) is -4.92. The molecule has 0 aromatic carbocycles. The van der Waals surface area contributed by atoms with Gasteiger partial charge in [0.2, 0.25) is 59.1 Å². The van der Waals surface area contributed by atoms with E-state index in [1.165, 1.54) is 13.8 Å². The maximum atomic E-state index is 14.3. The molecule has 6 atom stereocenters. The molecule has 31 heteroatoms. The molecular weight excluding hydrogens is 1130 g/mol. The van der Waals surface area contributed by atoms with E-state index in [0.717, 1.165) is 6.42 Å². The minimum Gasteiger partial charge on any atom is -0.377 e. The first-order valence-electron chi connectivity index (χ1n) is 30.7. The van der Waals surface area contributed by atoms with Crippen LogP contribution >= 0.6 is 0 Å². The lowest BCUT2D eigenvalue weighted by atomic mass is 10.0. The van der Waals surface area contributed by atoms with Crippen molar-refractivity contribution < 1.29 is 57.4 Å². The highest BCUT2D eigenvalue weighted by Crippen LogP contribution is 2.11. The first-order valence-corrected chi connectivity index (χ1v) is 30.7. The smallest absolute Gasteiger partial charge is 0.243 e. The molecule has 0 spiro atoms. The average Bonchev–Trinajstić information content (AvgIpc) is 3.63. The van der Waals surface area contributed by atoms with Gasteiger partial charge in [0.05, 0.1) is 65.0 Å². The lowest BCUT2D eigenvalue weighted by Gasteiger charge is -2.28. The zero-order chi connectivity index (χ0) is 63.6. The van der Waals surface area contributed by atoms with Crippen molar-refractivity contribution in [2.24, 2.45) is 0 Å². The van der Waals surface area contributed by atoms with E-state index in [0.29, 0.717) is 128 Å². The summed E-state index contributed by atoms with van der Waals surface area (Å²) >= 11 is 0. The van der Waals surface area contributed by atoms with E-state index in [1.807, 2.05) is 6.92 Å². The largest absolute Gasteiger partial charge is 0.377 e. The Morgan fingerprint density at radius 3 is 1.11 bits per heavy atom. The minimum atomic E-state index is -1.18. The third kappa shape index (κ3) is 32.4. The Bertz CT molecular complexity index is 2400. The van der Waals surface area contributed by atoms with Crippen molar-refractivity contribution in [3.8, 4) is 0 Å². The molecule has 0 unspecified atom stereocenters. The molecule has 2 aromatic heterocycles. The molecule has 490 valence electrons. The molecule has 3 rings (SSSR count). The summed E-state index contributed by atoms with van der Waals surface area (Å²) in [5.41, 5.74) is 1.09. The summed E-state index contributed by atoms with van der Waals surface area (Å²) in [5, 5.41) is 53.0. The molecule has 1 aliphatic rings. The van der Waals surface area contributed by atoms with Crippen LogP contribution < -0.4 is 69.1 Å². The number of aromatic nitrogens is 6. The SMILES string of the molecule is CCCNC(=O)CCC(=O)NCc1cn(CCOCCOCCn2cc(CNC(=O)CCC(=O)NCCCC[C@H]3NC(=O)[C@H](CCCCNC)NC(=O)[C@@H](C)NC(=O)[C@H](CCCCNC)NC(=O)[C@@H](C)NC(=O)[C@H](CCCCNC)NC3=O)nn2)nn1. The predicted octanol–water partition coefficient (Wildman–Crippen LogP) is -2.66. The van der Waals surface area contributed by atoms with Crippen molar-refractivity contribution >= 4 is 59.1 Å². The third-order valence-corrected chi connectivity index (χ3v) is 13.9. The number of rotatable bonds is 41. The number of amides is 10. The standard InChI is InChI=1S/C56H99N19O12/c1-7-24-60-47(76)20-22-49(78)62-35-41-37-74(72-70-41)29-31-86-33-34-87-32-30-75-38-42(71-73-75)36-63-50(79)23-21-48(77)61-28-15-11-19-46-56(85)68-44(17-9-13-26-58-5)54(83)65-39(2)51(80)66-43(16-8-12-25-57-4)53(82)64-40(3)52(81)67-45(55(84)69-46)18-10-14-27-59-6/h37-40,43-46,57-59H,7-36H2,1-6H3,(H,60,76)(H,61,77)(H,62,78)(H,63,79)(H,64,82)(H,65,83)(H,66,80)(H,67,81)(H,68,85)(H,69,84)/t39-,40-,43+,44+,45+,46-/m1/s1. The summed E-state index contributed by atoms with van der Waals surface area (Å²) < 4.78 is 14.5. The summed E-state index contributed by atoms with van der Waals surface area (Å²) in [7, 11) is 5.40. The molecule has 31 nitrogen and oxygen atoms in total. The fourth-order valence-electron chi connectivity index (χ4n) is 8.77. The Balaban J connectivity index is 1.47. The van der Waals surface area contributed by atoms with E-state index < -0.39 is 71.7 Å². The second-order valence-corrected chi connectivity index (χ2v) is 21.4. The van der Waals surface area contributed by atoms with Gasteiger partial charge in [-0.25, -0.2) is 9.36 Å². The highest BCUT2D eigenvalue weighted by Gasteiger charge is 2.33. The fourth-order valence-corrected chi connectivity index (χ4v) is 8.77. The minimum absolute atomic E-state index is 0.0869. The Kier molecular flexibility index (Phi) is 37.7. The van der Waals surface area contributed by atoms with Gasteiger partial charge < -0.3 is 78.6 Å². The number of ether oxygens (including phenoxy) is 2. The molecule has 0 radical (unpaired) electrons. The third-order valence-electron chi connectivity index (χ3n) is 13.9. The molecule has 0 saturated carbocycles. The van der Waals surface area contributed by atoms with Crippen LogP contribution in [0.5, 0.6) is 0 Å². The van der Waals surface area contributed by atoms with E-state index in [9.17, 15) is 47.9 Å². The molecule has 0 bridgehead atoms. The van der Waals surface area contributed by atoms with Crippen LogP contribution in [-0.2, 0) is 83.6 Å². The maximum absolute atomic E-state index is 14.3. The molecular formula is C56H99N19O12. The normalized spacial score (nSPS) is 18.9. The van der Waals surface area contributed by atoms with Crippen LogP contribution in [0.25, 0.3) is 0 Å². The molecule has 1 aliphatic heterocycles. The van der Waals surface area contributed by atoms with Gasteiger partial charge in [0.1, 0.15) is 47.6 Å². The van der Waals surface area contributed by atoms with Gasteiger partial charge in [-0.05, 0) is 138 Å². The number of nitrogens with zero attached hydrogens (tertiary/aromatic N) is 6. The summed E-state index contributed by atoms with van der Waals surface area (Å²) in [6.45, 7) is 10.2. The van der Waals surface area contributed by atoms with Gasteiger partial charge >= 0.3 is 0 Å². The van der Waals surface area contributed by atoms with Crippen LogP contribution in [0, 0.1) is 0 Å². The van der Waals surface area contributed by atoms with E-state index >= 15 is 0 Å². The molecule has 3 heterocycles. The number of unbranched alkanes of at least 4 members (excludes halogenated alkanes) is 4. The highest BCUT2D eigenvalue weighted by molar-refractivity contribution is 5.98. The molecule has 1 saturated heterocycles. The maximum Gasteiger partial charge on any atom is 0.243 e. The first-order chi connectivity index (χ1) is 42.0. The number of nitrogens with one attached hydrogen (secondary N) is 13. The molecule has 1 fully saturated rings. The molecule has 0 aliphatic carbocycles.